The fourth-order valence-corrected chi connectivity index (χ4v) is 3.55. The monoisotopic (exact) mass is 380 g/mol. The molecule has 0 bridgehead atoms. The zero-order valence-corrected chi connectivity index (χ0v) is 14.5. The van der Waals surface area contributed by atoms with Crippen molar-refractivity contribution >= 4 is 31.9 Å². The summed E-state index contributed by atoms with van der Waals surface area (Å²) in [5, 5.41) is 5.07. The SMILES string of the molecule is CCC(C)N(CC)C(=O)c1cc(S(N)(=O)=O)c(Br)cc1F. The Hall–Kier alpha value is -0.990. The molecule has 0 heterocycles. The molecule has 0 aliphatic carbocycles. The molecule has 1 rings (SSSR count). The van der Waals surface area contributed by atoms with E-state index in [0.717, 1.165) is 12.1 Å². The maximum absolute atomic E-state index is 14.0. The van der Waals surface area contributed by atoms with Crippen LogP contribution in [0, 0.1) is 5.82 Å². The van der Waals surface area contributed by atoms with Gasteiger partial charge in [0.05, 0.1) is 10.5 Å². The van der Waals surface area contributed by atoms with Gasteiger partial charge in [0, 0.05) is 17.1 Å². The lowest BCUT2D eigenvalue weighted by Crippen LogP contribution is -2.38. The Kier molecular flexibility index (Phi) is 5.89. The molecule has 5 nitrogen and oxygen atoms in total. The third-order valence-corrected chi connectivity index (χ3v) is 5.15. The highest BCUT2D eigenvalue weighted by Gasteiger charge is 2.25. The summed E-state index contributed by atoms with van der Waals surface area (Å²) in [4.78, 5) is 13.6. The van der Waals surface area contributed by atoms with E-state index in [1.165, 1.54) is 4.90 Å². The normalized spacial score (nSPS) is 13.0. The van der Waals surface area contributed by atoms with Gasteiger partial charge < -0.3 is 4.90 Å². The Morgan fingerprint density at radius 2 is 2.00 bits per heavy atom. The minimum Gasteiger partial charge on any atom is -0.336 e. The van der Waals surface area contributed by atoms with Crippen LogP contribution in [0.2, 0.25) is 0 Å². The van der Waals surface area contributed by atoms with Crippen molar-refractivity contribution in [3.63, 3.8) is 0 Å². The Bertz CT molecular complexity index is 649. The number of sulfonamides is 1. The number of carbonyl (C=O) groups is 1. The Morgan fingerprint density at radius 1 is 1.43 bits per heavy atom. The van der Waals surface area contributed by atoms with Crippen LogP contribution in [0.15, 0.2) is 21.5 Å². The molecule has 0 aromatic heterocycles. The fraction of sp³-hybridized carbons (Fsp3) is 0.462. The van der Waals surface area contributed by atoms with Crippen LogP contribution in [-0.4, -0.2) is 31.8 Å². The van der Waals surface area contributed by atoms with Crippen LogP contribution in [-0.2, 0) is 10.0 Å². The molecule has 8 heteroatoms. The number of halogens is 2. The molecule has 0 aliphatic heterocycles. The highest BCUT2D eigenvalue weighted by molar-refractivity contribution is 9.10. The van der Waals surface area contributed by atoms with Crippen LogP contribution in [0.25, 0.3) is 0 Å². The molecule has 0 spiro atoms. The zero-order valence-electron chi connectivity index (χ0n) is 12.1. The van der Waals surface area contributed by atoms with E-state index in [1.54, 1.807) is 6.92 Å². The summed E-state index contributed by atoms with van der Waals surface area (Å²) in [6.07, 6.45) is 0.708. The van der Waals surface area contributed by atoms with Crippen molar-refractivity contribution in [1.29, 1.82) is 0 Å². The third kappa shape index (κ3) is 4.02. The van der Waals surface area contributed by atoms with Gasteiger partial charge in [-0.1, -0.05) is 6.92 Å². The van der Waals surface area contributed by atoms with E-state index in [9.17, 15) is 17.6 Å². The van der Waals surface area contributed by atoms with E-state index in [0.29, 0.717) is 13.0 Å². The highest BCUT2D eigenvalue weighted by Crippen LogP contribution is 2.26. The summed E-state index contributed by atoms with van der Waals surface area (Å²) in [5.41, 5.74) is -0.302. The standard InChI is InChI=1S/C13H18BrFN2O3S/c1-4-8(3)17(5-2)13(18)9-6-12(21(16,19)20)10(14)7-11(9)15/h6-8H,4-5H2,1-3H3,(H2,16,19,20). The average molecular weight is 381 g/mol. The second-order valence-electron chi connectivity index (χ2n) is 4.66. The zero-order chi connectivity index (χ0) is 16.4. The van der Waals surface area contributed by atoms with Gasteiger partial charge in [-0.2, -0.15) is 0 Å². The second kappa shape index (κ2) is 6.85. The van der Waals surface area contributed by atoms with Crippen molar-refractivity contribution in [2.75, 3.05) is 6.54 Å². The number of amides is 1. The van der Waals surface area contributed by atoms with Crippen LogP contribution < -0.4 is 5.14 Å². The van der Waals surface area contributed by atoms with Gasteiger partial charge in [0.2, 0.25) is 10.0 Å². The number of carbonyl (C=O) groups excluding carboxylic acids is 1. The van der Waals surface area contributed by atoms with Gasteiger partial charge in [-0.25, -0.2) is 17.9 Å². The lowest BCUT2D eigenvalue weighted by atomic mass is 10.1. The van der Waals surface area contributed by atoms with Gasteiger partial charge in [0.15, 0.2) is 0 Å². The number of hydrogen-bond donors (Lipinski definition) is 1. The van der Waals surface area contributed by atoms with Gasteiger partial charge >= 0.3 is 0 Å². The quantitative estimate of drug-likeness (QED) is 0.851. The number of rotatable bonds is 5. The number of benzene rings is 1. The van der Waals surface area contributed by atoms with Crippen LogP contribution in [0.3, 0.4) is 0 Å². The number of hydrogen-bond acceptors (Lipinski definition) is 3. The molecule has 1 aromatic rings. The smallest absolute Gasteiger partial charge is 0.257 e. The number of nitrogens with zero attached hydrogens (tertiary/aromatic N) is 1. The Morgan fingerprint density at radius 3 is 2.43 bits per heavy atom. The molecule has 118 valence electrons. The summed E-state index contributed by atoms with van der Waals surface area (Å²) in [6, 6.07) is 1.84. The first-order chi connectivity index (χ1) is 9.63. The van der Waals surface area contributed by atoms with E-state index in [2.05, 4.69) is 15.9 Å². The minimum absolute atomic E-state index is 0.00867. The summed E-state index contributed by atoms with van der Waals surface area (Å²) in [5.74, 6) is -1.34. The Balaban J connectivity index is 3.40. The average Bonchev–Trinajstić information content (AvgIpc) is 2.37. The number of nitrogens with two attached hydrogens (primary N) is 1. The fourth-order valence-electron chi connectivity index (χ4n) is 1.94. The molecule has 2 N–H and O–H groups in total. The first kappa shape index (κ1) is 18.1. The molecular weight excluding hydrogens is 363 g/mol. The van der Waals surface area contributed by atoms with Crippen LogP contribution in [0.1, 0.15) is 37.6 Å². The summed E-state index contributed by atoms with van der Waals surface area (Å²) >= 11 is 2.94. The first-order valence-corrected chi connectivity index (χ1v) is 8.80. The Labute approximate surface area is 132 Å². The van der Waals surface area contributed by atoms with E-state index >= 15 is 0 Å². The van der Waals surface area contributed by atoms with E-state index in [4.69, 9.17) is 5.14 Å². The molecule has 1 aromatic carbocycles. The molecule has 1 unspecified atom stereocenters. The lowest BCUT2D eigenvalue weighted by molar-refractivity contribution is 0.0695. The van der Waals surface area contributed by atoms with E-state index in [1.807, 2.05) is 13.8 Å². The minimum atomic E-state index is -4.05. The van der Waals surface area contributed by atoms with Crippen LogP contribution in [0.4, 0.5) is 4.39 Å². The van der Waals surface area contributed by atoms with Gasteiger partial charge in [-0.05, 0) is 48.3 Å². The summed E-state index contributed by atoms with van der Waals surface area (Å²) in [7, 11) is -4.05. The van der Waals surface area contributed by atoms with Crippen LogP contribution >= 0.6 is 15.9 Å². The van der Waals surface area contributed by atoms with Crippen molar-refractivity contribution in [1.82, 2.24) is 4.90 Å². The first-order valence-electron chi connectivity index (χ1n) is 6.46. The molecule has 1 amide bonds. The maximum atomic E-state index is 14.0. The summed E-state index contributed by atoms with van der Waals surface area (Å²) < 4.78 is 37.0. The number of primary sulfonamides is 1. The van der Waals surface area contributed by atoms with Gasteiger partial charge in [0.25, 0.3) is 5.91 Å². The highest BCUT2D eigenvalue weighted by atomic mass is 79.9. The topological polar surface area (TPSA) is 80.5 Å². The van der Waals surface area contributed by atoms with Gasteiger partial charge in [-0.15, -0.1) is 0 Å². The molecule has 0 radical (unpaired) electrons. The molecule has 0 saturated carbocycles. The molecule has 1 atom stereocenters. The van der Waals surface area contributed by atoms with Gasteiger partial charge in [-0.3, -0.25) is 4.79 Å². The second-order valence-corrected chi connectivity index (χ2v) is 7.04. The maximum Gasteiger partial charge on any atom is 0.257 e. The predicted molar refractivity (Wildman–Crippen MR) is 81.9 cm³/mol. The lowest BCUT2D eigenvalue weighted by Gasteiger charge is -2.27. The predicted octanol–water partition coefficient (Wildman–Crippen LogP) is 2.50. The van der Waals surface area contributed by atoms with E-state index < -0.39 is 21.7 Å². The molecule has 0 saturated heterocycles. The van der Waals surface area contributed by atoms with Gasteiger partial charge in [0.1, 0.15) is 5.82 Å². The molecule has 0 aliphatic rings. The van der Waals surface area contributed by atoms with Crippen molar-refractivity contribution in [2.45, 2.75) is 38.1 Å². The van der Waals surface area contributed by atoms with E-state index in [-0.39, 0.29) is 21.0 Å². The molecule has 0 fully saturated rings. The van der Waals surface area contributed by atoms with Crippen LogP contribution in [0.5, 0.6) is 0 Å². The molecule has 21 heavy (non-hydrogen) atoms. The largest absolute Gasteiger partial charge is 0.336 e. The van der Waals surface area contributed by atoms with Crippen molar-refractivity contribution < 1.29 is 17.6 Å². The third-order valence-electron chi connectivity index (χ3n) is 3.28. The summed E-state index contributed by atoms with van der Waals surface area (Å²) in [6.45, 7) is 5.93. The van der Waals surface area contributed by atoms with Crippen molar-refractivity contribution in [2.24, 2.45) is 5.14 Å². The van der Waals surface area contributed by atoms with Crippen molar-refractivity contribution in [3.8, 4) is 0 Å². The van der Waals surface area contributed by atoms with Crippen molar-refractivity contribution in [3.05, 3.63) is 28.0 Å². The molecular formula is C13H18BrFN2O3S.